The molecule has 1 aromatic heterocycles. The summed E-state index contributed by atoms with van der Waals surface area (Å²) in [5, 5.41) is 4.51. The Morgan fingerprint density at radius 2 is 2.00 bits per heavy atom. The van der Waals surface area contributed by atoms with Crippen LogP contribution in [0.5, 0.6) is 0 Å². The van der Waals surface area contributed by atoms with Crippen LogP contribution in [0.3, 0.4) is 0 Å². The van der Waals surface area contributed by atoms with E-state index in [4.69, 9.17) is 10.5 Å². The molecule has 7 nitrogen and oxygen atoms in total. The zero-order valence-corrected chi connectivity index (χ0v) is 15.2. The average molecular weight is 352 g/mol. The number of hydrogen-bond donors (Lipinski definition) is 2. The number of rotatable bonds is 6. The van der Waals surface area contributed by atoms with E-state index < -0.39 is 10.0 Å². The summed E-state index contributed by atoms with van der Waals surface area (Å²) in [6.45, 7) is 6.64. The van der Waals surface area contributed by atoms with E-state index in [0.29, 0.717) is 18.1 Å². The number of hydrogen-bond acceptors (Lipinski definition) is 5. The molecule has 0 atom stereocenters. The van der Waals surface area contributed by atoms with Crippen molar-refractivity contribution < 1.29 is 13.2 Å². The first-order valence-corrected chi connectivity index (χ1v) is 9.08. The molecular formula is C16H24N4O3S. The van der Waals surface area contributed by atoms with Gasteiger partial charge in [-0.05, 0) is 18.2 Å². The van der Waals surface area contributed by atoms with Gasteiger partial charge in [-0.1, -0.05) is 26.8 Å². The molecule has 0 spiro atoms. The zero-order chi connectivity index (χ0) is 18.0. The molecule has 0 bridgehead atoms. The smallest absolute Gasteiger partial charge is 0.240 e. The van der Waals surface area contributed by atoms with E-state index >= 15 is 0 Å². The Bertz CT molecular complexity index is 807. The zero-order valence-electron chi connectivity index (χ0n) is 14.4. The van der Waals surface area contributed by atoms with Crippen molar-refractivity contribution in [1.29, 1.82) is 0 Å². The molecule has 0 amide bonds. The Hall–Kier alpha value is -1.90. The normalized spacial score (nSPS) is 12.5. The van der Waals surface area contributed by atoms with E-state index in [-0.39, 0.29) is 16.9 Å². The third kappa shape index (κ3) is 4.14. The lowest BCUT2D eigenvalue weighted by Gasteiger charge is -2.14. The largest absolute Gasteiger partial charge is 0.384 e. The Morgan fingerprint density at radius 3 is 2.58 bits per heavy atom. The second-order valence-electron chi connectivity index (χ2n) is 6.50. The molecule has 0 aliphatic heterocycles. The van der Waals surface area contributed by atoms with Crippen LogP contribution in [0.25, 0.3) is 5.69 Å². The molecule has 0 aliphatic carbocycles. The summed E-state index contributed by atoms with van der Waals surface area (Å²) in [4.78, 5) is 0.156. The average Bonchev–Trinajstić information content (AvgIpc) is 2.90. The lowest BCUT2D eigenvalue weighted by molar-refractivity contribution is 0.204. The molecular weight excluding hydrogens is 328 g/mol. The molecule has 0 unspecified atom stereocenters. The third-order valence-electron chi connectivity index (χ3n) is 3.48. The lowest BCUT2D eigenvalue weighted by atomic mass is 9.92. The molecule has 0 fully saturated rings. The van der Waals surface area contributed by atoms with Crippen molar-refractivity contribution in [3.8, 4) is 5.69 Å². The van der Waals surface area contributed by atoms with Gasteiger partial charge in [-0.25, -0.2) is 17.8 Å². The van der Waals surface area contributed by atoms with Gasteiger partial charge in [-0.2, -0.15) is 5.10 Å². The molecule has 8 heteroatoms. The molecule has 2 aromatic rings. The summed E-state index contributed by atoms with van der Waals surface area (Å²) < 4.78 is 33.5. The molecule has 0 saturated heterocycles. The highest BCUT2D eigenvalue weighted by molar-refractivity contribution is 7.89. The number of aromatic nitrogens is 2. The number of benzene rings is 1. The van der Waals surface area contributed by atoms with Crippen molar-refractivity contribution >= 4 is 15.8 Å². The van der Waals surface area contributed by atoms with Gasteiger partial charge in [0.2, 0.25) is 10.0 Å². The molecule has 0 aliphatic rings. The Morgan fingerprint density at radius 1 is 1.29 bits per heavy atom. The summed E-state index contributed by atoms with van der Waals surface area (Å²) in [6.07, 6.45) is 0. The van der Waals surface area contributed by atoms with Crippen LogP contribution in [0.2, 0.25) is 0 Å². The van der Waals surface area contributed by atoms with Crippen LogP contribution in [-0.4, -0.2) is 38.5 Å². The number of methoxy groups -OCH3 is 1. The Labute approximate surface area is 142 Å². The predicted octanol–water partition coefficient (Wildman–Crippen LogP) is 1.68. The Kier molecular flexibility index (Phi) is 5.32. The number of nitrogens with two attached hydrogens (primary N) is 1. The summed E-state index contributed by atoms with van der Waals surface area (Å²) in [7, 11) is -2.09. The first kappa shape index (κ1) is 18.4. The summed E-state index contributed by atoms with van der Waals surface area (Å²) >= 11 is 0. The van der Waals surface area contributed by atoms with Crippen LogP contribution >= 0.6 is 0 Å². The molecule has 24 heavy (non-hydrogen) atoms. The van der Waals surface area contributed by atoms with Gasteiger partial charge in [-0.3, -0.25) is 0 Å². The maximum Gasteiger partial charge on any atom is 0.240 e. The number of anilines is 1. The van der Waals surface area contributed by atoms with E-state index in [1.165, 1.54) is 13.2 Å². The molecule has 1 heterocycles. The predicted molar refractivity (Wildman–Crippen MR) is 93.7 cm³/mol. The second-order valence-corrected chi connectivity index (χ2v) is 8.27. The number of nitrogens with zero attached hydrogens (tertiary/aromatic N) is 2. The first-order chi connectivity index (χ1) is 11.1. The SMILES string of the molecule is COCCNS(=O)(=O)c1cccc(-n2nc(C(C)(C)C)cc2N)c1. The van der Waals surface area contributed by atoms with Gasteiger partial charge in [0.25, 0.3) is 0 Å². The topological polar surface area (TPSA) is 99.2 Å². The highest BCUT2D eigenvalue weighted by atomic mass is 32.2. The van der Waals surface area contributed by atoms with Crippen LogP contribution in [0.1, 0.15) is 26.5 Å². The second kappa shape index (κ2) is 6.92. The molecule has 3 N–H and O–H groups in total. The van der Waals surface area contributed by atoms with Gasteiger partial charge in [0.05, 0.1) is 22.9 Å². The molecule has 132 valence electrons. The highest BCUT2D eigenvalue weighted by Crippen LogP contribution is 2.25. The van der Waals surface area contributed by atoms with E-state index in [0.717, 1.165) is 5.69 Å². The van der Waals surface area contributed by atoms with Crippen LogP contribution in [0, 0.1) is 0 Å². The van der Waals surface area contributed by atoms with Gasteiger partial charge >= 0.3 is 0 Å². The van der Waals surface area contributed by atoms with E-state index in [1.54, 1.807) is 28.9 Å². The maximum atomic E-state index is 12.3. The van der Waals surface area contributed by atoms with E-state index in [1.807, 2.05) is 20.8 Å². The third-order valence-corrected chi connectivity index (χ3v) is 4.93. The van der Waals surface area contributed by atoms with Crippen molar-refractivity contribution in [2.45, 2.75) is 31.1 Å². The van der Waals surface area contributed by atoms with Crippen LogP contribution < -0.4 is 10.5 Å². The van der Waals surface area contributed by atoms with Crippen molar-refractivity contribution in [1.82, 2.24) is 14.5 Å². The fraction of sp³-hybridized carbons (Fsp3) is 0.438. The van der Waals surface area contributed by atoms with Gasteiger partial charge in [0, 0.05) is 25.1 Å². The minimum absolute atomic E-state index is 0.148. The lowest BCUT2D eigenvalue weighted by Crippen LogP contribution is -2.27. The highest BCUT2D eigenvalue weighted by Gasteiger charge is 2.20. The Balaban J connectivity index is 2.36. The molecule has 0 radical (unpaired) electrons. The van der Waals surface area contributed by atoms with Gasteiger partial charge < -0.3 is 10.5 Å². The molecule has 0 saturated carbocycles. The van der Waals surface area contributed by atoms with E-state index in [2.05, 4.69) is 9.82 Å². The number of sulfonamides is 1. The number of ether oxygens (including phenoxy) is 1. The number of nitrogens with one attached hydrogen (secondary N) is 1. The molecule has 2 rings (SSSR count). The minimum atomic E-state index is -3.61. The van der Waals surface area contributed by atoms with Crippen molar-refractivity contribution in [2.75, 3.05) is 26.0 Å². The van der Waals surface area contributed by atoms with E-state index in [9.17, 15) is 8.42 Å². The summed E-state index contributed by atoms with van der Waals surface area (Å²) in [6, 6.07) is 8.31. The van der Waals surface area contributed by atoms with Crippen molar-refractivity contribution in [3.05, 3.63) is 36.0 Å². The monoisotopic (exact) mass is 352 g/mol. The standard InChI is InChI=1S/C16H24N4O3S/c1-16(2,3)14-11-15(17)20(19-14)12-6-5-7-13(10-12)24(21,22)18-8-9-23-4/h5-7,10-11,18H,8-9,17H2,1-4H3. The maximum absolute atomic E-state index is 12.3. The van der Waals surface area contributed by atoms with Crippen LogP contribution in [0.4, 0.5) is 5.82 Å². The fourth-order valence-corrected chi connectivity index (χ4v) is 3.17. The fourth-order valence-electron chi connectivity index (χ4n) is 2.11. The van der Waals surface area contributed by atoms with Crippen LogP contribution in [-0.2, 0) is 20.2 Å². The van der Waals surface area contributed by atoms with Gasteiger partial charge in [0.1, 0.15) is 5.82 Å². The van der Waals surface area contributed by atoms with Crippen molar-refractivity contribution in [3.63, 3.8) is 0 Å². The summed E-state index contributed by atoms with van der Waals surface area (Å²) in [5.74, 6) is 0.460. The quantitative estimate of drug-likeness (QED) is 0.771. The number of nitrogen functional groups attached to an aromatic ring is 1. The molecule has 1 aromatic carbocycles. The first-order valence-electron chi connectivity index (χ1n) is 7.60. The van der Waals surface area contributed by atoms with Crippen LogP contribution in [0.15, 0.2) is 35.2 Å². The minimum Gasteiger partial charge on any atom is -0.384 e. The van der Waals surface area contributed by atoms with Gasteiger partial charge in [0.15, 0.2) is 0 Å². The van der Waals surface area contributed by atoms with Gasteiger partial charge in [-0.15, -0.1) is 0 Å². The summed E-state index contributed by atoms with van der Waals surface area (Å²) in [5.41, 5.74) is 7.33. The van der Waals surface area contributed by atoms with Crippen molar-refractivity contribution in [2.24, 2.45) is 0 Å².